The highest BCUT2D eigenvalue weighted by Gasteiger charge is 2.02. The first-order chi connectivity index (χ1) is 9.19. The van der Waals surface area contributed by atoms with Crippen LogP contribution >= 0.6 is 0 Å². The standard InChI is InChI=1S/C16H20N2O/c1-18(2)15-11-10-14(16(13-15)19-3)9-7-5-4-6-8-12-17/h4-13,17H,1-3H3/p+1/b5-4+,8-6-,9-7+,17-12?. The van der Waals surface area contributed by atoms with Crippen LogP contribution in [0.25, 0.3) is 6.08 Å². The average molecular weight is 257 g/mol. The van der Waals surface area contributed by atoms with Crippen LogP contribution in [0.5, 0.6) is 5.75 Å². The summed E-state index contributed by atoms with van der Waals surface area (Å²) in [6.45, 7) is 0. The van der Waals surface area contributed by atoms with E-state index < -0.39 is 0 Å². The molecule has 0 aliphatic carbocycles. The van der Waals surface area contributed by atoms with Crippen LogP contribution in [0.3, 0.4) is 0 Å². The van der Waals surface area contributed by atoms with Crippen molar-refractivity contribution in [3.05, 3.63) is 54.1 Å². The zero-order chi connectivity index (χ0) is 14.1. The lowest BCUT2D eigenvalue weighted by Gasteiger charge is -2.14. The molecule has 0 atom stereocenters. The Hall–Kier alpha value is -2.29. The summed E-state index contributed by atoms with van der Waals surface area (Å²) < 4.78 is 5.39. The van der Waals surface area contributed by atoms with Gasteiger partial charge in [-0.15, -0.1) is 0 Å². The quantitative estimate of drug-likeness (QED) is 0.622. The lowest BCUT2D eigenvalue weighted by Crippen LogP contribution is -2.27. The molecule has 3 nitrogen and oxygen atoms in total. The second kappa shape index (κ2) is 7.93. The van der Waals surface area contributed by atoms with E-state index in [0.29, 0.717) is 0 Å². The molecule has 0 bridgehead atoms. The third-order valence-corrected chi connectivity index (χ3v) is 2.56. The van der Waals surface area contributed by atoms with E-state index in [1.165, 1.54) is 6.21 Å². The molecule has 0 saturated carbocycles. The van der Waals surface area contributed by atoms with Crippen LogP contribution in [-0.2, 0) is 0 Å². The maximum Gasteiger partial charge on any atom is 0.160 e. The van der Waals surface area contributed by atoms with Crippen molar-refractivity contribution in [3.63, 3.8) is 0 Å². The SMILES string of the molecule is COc1cc(N(C)C)ccc1/C=C/C=C/C=C\C=[NH2+]. The lowest BCUT2D eigenvalue weighted by atomic mass is 10.1. The number of ether oxygens (including phenoxy) is 1. The van der Waals surface area contributed by atoms with Crippen LogP contribution in [-0.4, -0.2) is 27.4 Å². The second-order valence-corrected chi connectivity index (χ2v) is 4.14. The molecule has 0 aromatic heterocycles. The number of allylic oxidation sites excluding steroid dienone is 5. The fourth-order valence-electron chi connectivity index (χ4n) is 1.53. The van der Waals surface area contributed by atoms with E-state index in [9.17, 15) is 0 Å². The van der Waals surface area contributed by atoms with E-state index >= 15 is 0 Å². The minimum absolute atomic E-state index is 0.863. The van der Waals surface area contributed by atoms with Gasteiger partial charge in [-0.25, -0.2) is 0 Å². The summed E-state index contributed by atoms with van der Waals surface area (Å²) in [6, 6.07) is 6.13. The molecule has 1 aromatic carbocycles. The Kier molecular flexibility index (Phi) is 6.16. The van der Waals surface area contributed by atoms with Crippen LogP contribution in [0.4, 0.5) is 5.69 Å². The fourth-order valence-corrected chi connectivity index (χ4v) is 1.53. The average Bonchev–Trinajstić information content (AvgIpc) is 2.42. The first-order valence-electron chi connectivity index (χ1n) is 6.09. The molecule has 0 aliphatic rings. The smallest absolute Gasteiger partial charge is 0.160 e. The number of rotatable bonds is 6. The van der Waals surface area contributed by atoms with E-state index in [1.807, 2.05) is 61.5 Å². The number of nitrogens with two attached hydrogens (primary N) is 1. The summed E-state index contributed by atoms with van der Waals surface area (Å²) in [7, 11) is 5.70. The van der Waals surface area contributed by atoms with Gasteiger partial charge in [0.25, 0.3) is 0 Å². The molecule has 0 saturated heterocycles. The molecule has 0 unspecified atom stereocenters. The molecule has 1 rings (SSSR count). The summed E-state index contributed by atoms with van der Waals surface area (Å²) >= 11 is 0. The van der Waals surface area contributed by atoms with Crippen molar-refractivity contribution in [3.8, 4) is 5.75 Å². The molecule has 0 spiro atoms. The molecule has 0 fully saturated rings. The first-order valence-corrected chi connectivity index (χ1v) is 6.09. The molecule has 1 aromatic rings. The predicted octanol–water partition coefficient (Wildman–Crippen LogP) is 1.72. The Labute approximate surface area is 115 Å². The molecule has 3 heteroatoms. The van der Waals surface area contributed by atoms with E-state index in [0.717, 1.165) is 17.0 Å². The number of hydrogen-bond acceptors (Lipinski definition) is 2. The van der Waals surface area contributed by atoms with E-state index in [1.54, 1.807) is 13.2 Å². The molecular formula is C16H21N2O+. The van der Waals surface area contributed by atoms with Crippen molar-refractivity contribution in [1.82, 2.24) is 0 Å². The molecule has 0 heterocycles. The largest absolute Gasteiger partial charge is 0.496 e. The van der Waals surface area contributed by atoms with Gasteiger partial charge in [0, 0.05) is 37.5 Å². The summed E-state index contributed by atoms with van der Waals surface area (Å²) in [4.78, 5) is 2.05. The third-order valence-electron chi connectivity index (χ3n) is 2.56. The van der Waals surface area contributed by atoms with E-state index in [4.69, 9.17) is 10.1 Å². The Morgan fingerprint density at radius 2 is 1.74 bits per heavy atom. The van der Waals surface area contributed by atoms with Crippen molar-refractivity contribution < 1.29 is 10.1 Å². The molecule has 2 N–H and O–H groups in total. The van der Waals surface area contributed by atoms with Crippen molar-refractivity contribution >= 4 is 18.0 Å². The van der Waals surface area contributed by atoms with Crippen LogP contribution in [0.1, 0.15) is 5.56 Å². The molecular weight excluding hydrogens is 236 g/mol. The maximum absolute atomic E-state index is 5.39. The summed E-state index contributed by atoms with van der Waals surface area (Å²) in [5.41, 5.74) is 2.16. The van der Waals surface area contributed by atoms with Crippen LogP contribution in [0, 0.1) is 0 Å². The van der Waals surface area contributed by atoms with Crippen molar-refractivity contribution in [2.75, 3.05) is 26.1 Å². The summed E-state index contributed by atoms with van der Waals surface area (Å²) in [6.07, 6.45) is 13.0. The minimum atomic E-state index is 0.863. The van der Waals surface area contributed by atoms with Crippen molar-refractivity contribution in [1.29, 1.82) is 0 Å². The highest BCUT2D eigenvalue weighted by Crippen LogP contribution is 2.25. The van der Waals surface area contributed by atoms with Gasteiger partial charge in [-0.05, 0) is 12.1 Å². The maximum atomic E-state index is 5.39. The highest BCUT2D eigenvalue weighted by molar-refractivity contribution is 5.66. The molecule has 0 amide bonds. The Balaban J connectivity index is 2.83. The second-order valence-electron chi connectivity index (χ2n) is 4.14. The van der Waals surface area contributed by atoms with Gasteiger partial charge in [0.05, 0.1) is 7.11 Å². The van der Waals surface area contributed by atoms with Gasteiger partial charge in [0.1, 0.15) is 5.75 Å². The normalized spacial score (nSPS) is 11.5. The molecule has 0 aliphatic heterocycles. The van der Waals surface area contributed by atoms with Gasteiger partial charge in [0.15, 0.2) is 6.21 Å². The number of methoxy groups -OCH3 is 1. The molecule has 19 heavy (non-hydrogen) atoms. The number of hydrogen-bond donors (Lipinski definition) is 1. The number of nitrogens with zero attached hydrogens (tertiary/aromatic N) is 1. The summed E-state index contributed by atoms with van der Waals surface area (Å²) in [5.74, 6) is 0.863. The van der Waals surface area contributed by atoms with Crippen molar-refractivity contribution in [2.45, 2.75) is 0 Å². The zero-order valence-electron chi connectivity index (χ0n) is 11.7. The Morgan fingerprint density at radius 3 is 2.37 bits per heavy atom. The van der Waals surface area contributed by atoms with Gasteiger partial charge in [-0.2, -0.15) is 0 Å². The Morgan fingerprint density at radius 1 is 1.05 bits per heavy atom. The predicted molar refractivity (Wildman–Crippen MR) is 82.6 cm³/mol. The number of anilines is 1. The van der Waals surface area contributed by atoms with Crippen LogP contribution in [0.2, 0.25) is 0 Å². The number of benzene rings is 1. The molecule has 100 valence electrons. The first kappa shape index (κ1) is 14.8. The summed E-state index contributed by atoms with van der Waals surface area (Å²) in [5, 5.41) is 5.23. The van der Waals surface area contributed by atoms with Crippen molar-refractivity contribution in [2.24, 2.45) is 0 Å². The van der Waals surface area contributed by atoms with Gasteiger partial charge in [0.2, 0.25) is 0 Å². The van der Waals surface area contributed by atoms with E-state index in [2.05, 4.69) is 6.07 Å². The van der Waals surface area contributed by atoms with Crippen LogP contribution < -0.4 is 15.0 Å². The molecule has 0 radical (unpaired) electrons. The lowest BCUT2D eigenvalue weighted by molar-refractivity contribution is -0.104. The van der Waals surface area contributed by atoms with Gasteiger partial charge < -0.3 is 9.64 Å². The monoisotopic (exact) mass is 257 g/mol. The van der Waals surface area contributed by atoms with Gasteiger partial charge in [-0.3, -0.25) is 5.41 Å². The van der Waals surface area contributed by atoms with Gasteiger partial charge in [-0.1, -0.05) is 30.4 Å². The topological polar surface area (TPSA) is 38.1 Å². The van der Waals surface area contributed by atoms with Crippen LogP contribution in [0.15, 0.2) is 48.6 Å². The van der Waals surface area contributed by atoms with E-state index in [-0.39, 0.29) is 0 Å². The highest BCUT2D eigenvalue weighted by atomic mass is 16.5. The third kappa shape index (κ3) is 4.84. The van der Waals surface area contributed by atoms with Gasteiger partial charge >= 0.3 is 0 Å². The fraction of sp³-hybridized carbons (Fsp3) is 0.188. The minimum Gasteiger partial charge on any atom is -0.496 e. The Bertz CT molecular complexity index is 499. The zero-order valence-corrected chi connectivity index (χ0v) is 11.7.